The van der Waals surface area contributed by atoms with Crippen molar-refractivity contribution in [2.75, 3.05) is 13.7 Å². The van der Waals surface area contributed by atoms with E-state index in [1.807, 2.05) is 6.92 Å². The lowest BCUT2D eigenvalue weighted by Crippen LogP contribution is -2.40. The molecule has 1 saturated carbocycles. The molecular formula is C18H31N3O2. The molecule has 0 amide bonds. The van der Waals surface area contributed by atoms with Crippen LogP contribution >= 0.6 is 0 Å². The fourth-order valence-electron chi connectivity index (χ4n) is 4.22. The molecule has 3 rings (SSSR count). The van der Waals surface area contributed by atoms with Crippen molar-refractivity contribution in [1.82, 2.24) is 15.0 Å². The maximum Gasteiger partial charge on any atom is 0.240 e. The van der Waals surface area contributed by atoms with Gasteiger partial charge in [-0.05, 0) is 45.1 Å². The van der Waals surface area contributed by atoms with E-state index in [-0.39, 0.29) is 6.10 Å². The van der Waals surface area contributed by atoms with Crippen LogP contribution < -0.4 is 0 Å². The number of nitrogens with zero attached hydrogens (tertiary/aromatic N) is 3. The highest BCUT2D eigenvalue weighted by atomic mass is 16.5. The maximum absolute atomic E-state index is 5.48. The van der Waals surface area contributed by atoms with Gasteiger partial charge in [0.2, 0.25) is 5.89 Å². The summed E-state index contributed by atoms with van der Waals surface area (Å²) >= 11 is 0. The van der Waals surface area contributed by atoms with Gasteiger partial charge in [-0.25, -0.2) is 0 Å². The van der Waals surface area contributed by atoms with Crippen molar-refractivity contribution in [2.45, 2.75) is 83.4 Å². The number of aromatic nitrogens is 2. The van der Waals surface area contributed by atoms with Crippen LogP contribution in [0.3, 0.4) is 0 Å². The van der Waals surface area contributed by atoms with Gasteiger partial charge in [0.1, 0.15) is 6.10 Å². The third-order valence-electron chi connectivity index (χ3n) is 5.65. The molecule has 0 N–H and O–H groups in total. The Kier molecular flexibility index (Phi) is 6.06. The number of likely N-dealkylation sites (tertiary alicyclic amines) is 1. The fraction of sp³-hybridized carbons (Fsp3) is 0.889. The van der Waals surface area contributed by atoms with Gasteiger partial charge >= 0.3 is 0 Å². The zero-order valence-corrected chi connectivity index (χ0v) is 14.7. The van der Waals surface area contributed by atoms with Crippen LogP contribution in [0, 0.1) is 5.92 Å². The lowest BCUT2D eigenvalue weighted by atomic mass is 9.81. The maximum atomic E-state index is 5.48. The van der Waals surface area contributed by atoms with E-state index in [1.165, 1.54) is 64.3 Å². The van der Waals surface area contributed by atoms with E-state index in [4.69, 9.17) is 9.26 Å². The molecule has 2 aliphatic rings. The van der Waals surface area contributed by atoms with Crippen molar-refractivity contribution in [1.29, 1.82) is 0 Å². The van der Waals surface area contributed by atoms with Crippen molar-refractivity contribution >= 4 is 0 Å². The molecule has 2 atom stereocenters. The minimum absolute atomic E-state index is 0.106. The van der Waals surface area contributed by atoms with E-state index in [0.29, 0.717) is 11.9 Å². The number of hydrogen-bond acceptors (Lipinski definition) is 5. The number of hydrogen-bond donors (Lipinski definition) is 0. The lowest BCUT2D eigenvalue weighted by molar-refractivity contribution is 0.0995. The van der Waals surface area contributed by atoms with Gasteiger partial charge in [0.25, 0.3) is 0 Å². The Morgan fingerprint density at radius 1 is 1.13 bits per heavy atom. The molecule has 2 heterocycles. The molecular weight excluding hydrogens is 290 g/mol. The Labute approximate surface area is 139 Å². The van der Waals surface area contributed by atoms with Gasteiger partial charge in [-0.3, -0.25) is 4.90 Å². The predicted octanol–water partition coefficient (Wildman–Crippen LogP) is 4.10. The summed E-state index contributed by atoms with van der Waals surface area (Å²) in [5.41, 5.74) is 0. The van der Waals surface area contributed by atoms with Crippen LogP contribution in [0.25, 0.3) is 0 Å². The highest BCUT2D eigenvalue weighted by Crippen LogP contribution is 2.33. The summed E-state index contributed by atoms with van der Waals surface area (Å²) < 4.78 is 10.8. The van der Waals surface area contributed by atoms with E-state index in [0.717, 1.165) is 18.4 Å². The molecule has 5 nitrogen and oxygen atoms in total. The van der Waals surface area contributed by atoms with Crippen molar-refractivity contribution in [3.05, 3.63) is 11.7 Å². The molecule has 0 radical (unpaired) electrons. The topological polar surface area (TPSA) is 51.4 Å². The largest absolute Gasteiger partial charge is 0.374 e. The first-order valence-corrected chi connectivity index (χ1v) is 9.37. The first-order valence-electron chi connectivity index (χ1n) is 9.37. The Bertz CT molecular complexity index is 471. The third-order valence-corrected chi connectivity index (χ3v) is 5.65. The van der Waals surface area contributed by atoms with Crippen LogP contribution in [0.4, 0.5) is 0 Å². The van der Waals surface area contributed by atoms with Crippen LogP contribution in [0.15, 0.2) is 4.52 Å². The van der Waals surface area contributed by atoms with Crippen molar-refractivity contribution in [3.63, 3.8) is 0 Å². The predicted molar refractivity (Wildman–Crippen MR) is 89.0 cm³/mol. The summed E-state index contributed by atoms with van der Waals surface area (Å²) in [6, 6.07) is 0.702. The van der Waals surface area contributed by atoms with E-state index in [2.05, 4.69) is 15.0 Å². The summed E-state index contributed by atoms with van der Waals surface area (Å²) in [5, 5.41) is 4.08. The van der Waals surface area contributed by atoms with Crippen molar-refractivity contribution < 1.29 is 9.26 Å². The molecule has 1 saturated heterocycles. The summed E-state index contributed by atoms with van der Waals surface area (Å²) in [4.78, 5) is 7.16. The van der Waals surface area contributed by atoms with Crippen LogP contribution in [0.2, 0.25) is 0 Å². The number of methoxy groups -OCH3 is 1. The molecule has 0 spiro atoms. The van der Waals surface area contributed by atoms with Crippen LogP contribution in [0.1, 0.15) is 82.5 Å². The van der Waals surface area contributed by atoms with Crippen molar-refractivity contribution in [3.8, 4) is 0 Å². The number of rotatable bonds is 5. The van der Waals surface area contributed by atoms with Gasteiger partial charge in [-0.15, -0.1) is 0 Å². The molecule has 1 aliphatic heterocycles. The second-order valence-electron chi connectivity index (χ2n) is 7.21. The Morgan fingerprint density at radius 3 is 2.65 bits per heavy atom. The molecule has 0 unspecified atom stereocenters. The van der Waals surface area contributed by atoms with Gasteiger partial charge in [0, 0.05) is 13.2 Å². The monoisotopic (exact) mass is 321 g/mol. The average molecular weight is 321 g/mol. The zero-order chi connectivity index (χ0) is 16.1. The molecule has 5 heteroatoms. The summed E-state index contributed by atoms with van der Waals surface area (Å²) in [7, 11) is 1.68. The Morgan fingerprint density at radius 2 is 1.87 bits per heavy atom. The first kappa shape index (κ1) is 16.9. The van der Waals surface area contributed by atoms with Crippen LogP contribution in [0.5, 0.6) is 0 Å². The minimum atomic E-state index is -0.106. The summed E-state index contributed by atoms with van der Waals surface area (Å²) in [6.45, 7) is 3.91. The van der Waals surface area contributed by atoms with Gasteiger partial charge in [-0.2, -0.15) is 4.98 Å². The quantitative estimate of drug-likeness (QED) is 0.817. The van der Waals surface area contributed by atoms with Gasteiger partial charge in [0.15, 0.2) is 5.82 Å². The third kappa shape index (κ3) is 4.32. The van der Waals surface area contributed by atoms with Crippen molar-refractivity contribution in [2.24, 2.45) is 5.92 Å². The highest BCUT2D eigenvalue weighted by Gasteiger charge is 2.30. The molecule has 1 aromatic rings. The second-order valence-corrected chi connectivity index (χ2v) is 7.21. The molecule has 1 aliphatic carbocycles. The summed E-state index contributed by atoms with van der Waals surface area (Å²) in [6.07, 6.45) is 12.3. The molecule has 130 valence electrons. The average Bonchev–Trinajstić information content (AvgIpc) is 2.93. The lowest BCUT2D eigenvalue weighted by Gasteiger charge is -2.37. The molecule has 1 aromatic heterocycles. The highest BCUT2D eigenvalue weighted by molar-refractivity contribution is 4.92. The van der Waals surface area contributed by atoms with E-state index in [1.54, 1.807) is 7.11 Å². The van der Waals surface area contributed by atoms with Crippen LogP contribution in [-0.4, -0.2) is 34.7 Å². The second kappa shape index (κ2) is 8.25. The van der Waals surface area contributed by atoms with E-state index < -0.39 is 0 Å². The van der Waals surface area contributed by atoms with Gasteiger partial charge in [0.05, 0.1) is 6.54 Å². The fourth-order valence-corrected chi connectivity index (χ4v) is 4.22. The first-order chi connectivity index (χ1) is 11.3. The number of ether oxygens (including phenoxy) is 1. The van der Waals surface area contributed by atoms with E-state index in [9.17, 15) is 0 Å². The zero-order valence-electron chi connectivity index (χ0n) is 14.7. The molecule has 23 heavy (non-hydrogen) atoms. The molecule has 2 fully saturated rings. The van der Waals surface area contributed by atoms with E-state index >= 15 is 0 Å². The minimum Gasteiger partial charge on any atom is -0.374 e. The molecule has 0 bridgehead atoms. The SMILES string of the molecule is CO[C@@H](C)c1noc(CN2CCCCC[C@H]2C2CCCCC2)n1. The van der Waals surface area contributed by atoms with Gasteiger partial charge in [-0.1, -0.05) is 37.3 Å². The standard InChI is InChI=1S/C18H31N3O2/c1-14(22-2)18-19-17(23-20-18)13-21-12-8-4-7-11-16(21)15-9-5-3-6-10-15/h14-16H,3-13H2,1-2H3/t14-,16-/m0/s1. The smallest absolute Gasteiger partial charge is 0.240 e. The van der Waals surface area contributed by atoms with Crippen LogP contribution in [-0.2, 0) is 11.3 Å². The molecule has 0 aromatic carbocycles. The van der Waals surface area contributed by atoms with Gasteiger partial charge < -0.3 is 9.26 Å². The summed E-state index contributed by atoms with van der Waals surface area (Å²) in [5.74, 6) is 2.26. The Balaban J connectivity index is 1.68. The normalized spacial score (nSPS) is 26.1. The Hall–Kier alpha value is -0.940.